The molecule has 1 aliphatic carbocycles. The van der Waals surface area contributed by atoms with E-state index in [9.17, 15) is 9.59 Å². The number of hydrogen-bond acceptors (Lipinski definition) is 6. The lowest BCUT2D eigenvalue weighted by Gasteiger charge is -2.18. The van der Waals surface area contributed by atoms with Crippen molar-refractivity contribution in [3.8, 4) is 0 Å². The number of rotatable bonds is 4. The van der Waals surface area contributed by atoms with Crippen LogP contribution in [-0.2, 0) is 4.74 Å². The quantitative estimate of drug-likeness (QED) is 0.856. The number of benzene rings is 1. The maximum atomic E-state index is 12.3. The number of ether oxygens (including phenoxy) is 1. The molecule has 126 valence electrons. The summed E-state index contributed by atoms with van der Waals surface area (Å²) in [6, 6.07) is 6.30. The summed E-state index contributed by atoms with van der Waals surface area (Å²) in [7, 11) is 1.32. The van der Waals surface area contributed by atoms with E-state index in [4.69, 9.17) is 0 Å². The molecular weight excluding hydrogens is 326 g/mol. The molecule has 1 amide bonds. The number of methoxy groups -OCH3 is 1. The van der Waals surface area contributed by atoms with Crippen LogP contribution in [0, 0.1) is 0 Å². The number of nitrogens with one attached hydrogen (secondary N) is 1. The summed E-state index contributed by atoms with van der Waals surface area (Å²) in [5, 5.41) is 12.6. The normalized spacial score (nSPS) is 15.0. The SMILES string of the molecule is COC(=O)c1ccc(C(=O)Nc2nnc(C3CCCCC3)s2)cc1. The fraction of sp³-hybridized carbons (Fsp3) is 0.412. The molecule has 1 aromatic carbocycles. The van der Waals surface area contributed by atoms with Gasteiger partial charge in [0.1, 0.15) is 5.01 Å². The molecule has 1 saturated carbocycles. The molecule has 1 aromatic heterocycles. The Labute approximate surface area is 144 Å². The lowest BCUT2D eigenvalue weighted by atomic mass is 9.90. The van der Waals surface area contributed by atoms with E-state index in [1.165, 1.54) is 37.7 Å². The first-order valence-corrected chi connectivity index (χ1v) is 8.82. The molecule has 1 fully saturated rings. The molecule has 24 heavy (non-hydrogen) atoms. The average Bonchev–Trinajstić information content (AvgIpc) is 3.10. The van der Waals surface area contributed by atoms with Crippen molar-refractivity contribution in [2.75, 3.05) is 12.4 Å². The molecule has 0 aliphatic heterocycles. The topological polar surface area (TPSA) is 81.2 Å². The molecule has 1 N–H and O–H groups in total. The minimum Gasteiger partial charge on any atom is -0.465 e. The van der Waals surface area contributed by atoms with Gasteiger partial charge in [0.05, 0.1) is 12.7 Å². The summed E-state index contributed by atoms with van der Waals surface area (Å²) in [6.45, 7) is 0. The molecule has 2 aromatic rings. The first-order chi connectivity index (χ1) is 11.7. The lowest BCUT2D eigenvalue weighted by Crippen LogP contribution is -2.12. The van der Waals surface area contributed by atoms with Gasteiger partial charge in [0.15, 0.2) is 0 Å². The summed E-state index contributed by atoms with van der Waals surface area (Å²) < 4.78 is 4.64. The molecule has 0 atom stereocenters. The van der Waals surface area contributed by atoms with E-state index in [2.05, 4.69) is 20.3 Å². The monoisotopic (exact) mass is 345 g/mol. The van der Waals surface area contributed by atoms with Gasteiger partial charge in [0.25, 0.3) is 5.91 Å². The second-order valence-corrected chi connectivity index (χ2v) is 6.81. The van der Waals surface area contributed by atoms with E-state index < -0.39 is 5.97 Å². The van der Waals surface area contributed by atoms with E-state index in [-0.39, 0.29) is 5.91 Å². The standard InChI is InChI=1S/C17H19N3O3S/c1-23-16(22)13-9-7-11(8-10-13)14(21)18-17-20-19-15(24-17)12-5-3-2-4-6-12/h7-10,12H,2-6H2,1H3,(H,18,20,21). The van der Waals surface area contributed by atoms with E-state index in [0.29, 0.717) is 22.2 Å². The zero-order valence-electron chi connectivity index (χ0n) is 13.4. The Morgan fingerprint density at radius 2 is 1.75 bits per heavy atom. The van der Waals surface area contributed by atoms with Crippen LogP contribution in [0.1, 0.15) is 63.7 Å². The van der Waals surface area contributed by atoms with Crippen molar-refractivity contribution in [1.82, 2.24) is 10.2 Å². The molecule has 0 radical (unpaired) electrons. The largest absolute Gasteiger partial charge is 0.465 e. The molecule has 0 unspecified atom stereocenters. The van der Waals surface area contributed by atoms with Crippen LogP contribution in [0.2, 0.25) is 0 Å². The highest BCUT2D eigenvalue weighted by Crippen LogP contribution is 2.35. The molecule has 0 saturated heterocycles. The van der Waals surface area contributed by atoms with Crippen LogP contribution in [0.5, 0.6) is 0 Å². The summed E-state index contributed by atoms with van der Waals surface area (Å²) >= 11 is 1.45. The Morgan fingerprint density at radius 3 is 2.42 bits per heavy atom. The van der Waals surface area contributed by atoms with E-state index in [1.807, 2.05) is 0 Å². The van der Waals surface area contributed by atoms with Crippen LogP contribution < -0.4 is 5.32 Å². The summed E-state index contributed by atoms with van der Waals surface area (Å²) in [5.41, 5.74) is 0.863. The van der Waals surface area contributed by atoms with Gasteiger partial charge in [-0.15, -0.1) is 10.2 Å². The molecule has 0 spiro atoms. The van der Waals surface area contributed by atoms with Crippen molar-refractivity contribution in [2.45, 2.75) is 38.0 Å². The minimum atomic E-state index is -0.428. The van der Waals surface area contributed by atoms with Crippen LogP contribution >= 0.6 is 11.3 Å². The molecular formula is C17H19N3O3S. The van der Waals surface area contributed by atoms with Gasteiger partial charge in [0, 0.05) is 11.5 Å². The highest BCUT2D eigenvalue weighted by atomic mass is 32.1. The highest BCUT2D eigenvalue weighted by Gasteiger charge is 2.20. The zero-order chi connectivity index (χ0) is 16.9. The smallest absolute Gasteiger partial charge is 0.337 e. The van der Waals surface area contributed by atoms with Crippen molar-refractivity contribution in [3.05, 3.63) is 40.4 Å². The zero-order valence-corrected chi connectivity index (χ0v) is 14.3. The third-order valence-electron chi connectivity index (χ3n) is 4.18. The Morgan fingerprint density at radius 1 is 1.08 bits per heavy atom. The Bertz CT molecular complexity index is 721. The molecule has 3 rings (SSSR count). The van der Waals surface area contributed by atoms with Gasteiger partial charge in [-0.1, -0.05) is 30.6 Å². The van der Waals surface area contributed by atoms with E-state index in [1.54, 1.807) is 24.3 Å². The third-order valence-corrected chi connectivity index (χ3v) is 5.18. The van der Waals surface area contributed by atoms with Crippen LogP contribution in [0.4, 0.5) is 5.13 Å². The number of carbonyl (C=O) groups excluding carboxylic acids is 2. The van der Waals surface area contributed by atoms with Crippen molar-refractivity contribution in [3.63, 3.8) is 0 Å². The summed E-state index contributed by atoms with van der Waals surface area (Å²) in [4.78, 5) is 23.7. The second-order valence-electron chi connectivity index (χ2n) is 5.80. The highest BCUT2D eigenvalue weighted by molar-refractivity contribution is 7.15. The average molecular weight is 345 g/mol. The van der Waals surface area contributed by atoms with Gasteiger partial charge < -0.3 is 4.74 Å². The molecule has 1 heterocycles. The lowest BCUT2D eigenvalue weighted by molar-refractivity contribution is 0.0600. The number of anilines is 1. The second kappa shape index (κ2) is 7.53. The Kier molecular flexibility index (Phi) is 5.20. The predicted molar refractivity (Wildman–Crippen MR) is 91.5 cm³/mol. The molecule has 1 aliphatic rings. The number of aromatic nitrogens is 2. The van der Waals surface area contributed by atoms with Crippen LogP contribution in [0.25, 0.3) is 0 Å². The Balaban J connectivity index is 1.64. The summed E-state index contributed by atoms with van der Waals surface area (Å²) in [6.07, 6.45) is 6.06. The fourth-order valence-corrected chi connectivity index (χ4v) is 3.75. The maximum absolute atomic E-state index is 12.3. The van der Waals surface area contributed by atoms with Gasteiger partial charge in [0.2, 0.25) is 5.13 Å². The van der Waals surface area contributed by atoms with Crippen LogP contribution in [-0.4, -0.2) is 29.2 Å². The van der Waals surface area contributed by atoms with Gasteiger partial charge in [-0.05, 0) is 37.1 Å². The maximum Gasteiger partial charge on any atom is 0.337 e. The third kappa shape index (κ3) is 3.79. The van der Waals surface area contributed by atoms with Gasteiger partial charge >= 0.3 is 5.97 Å². The van der Waals surface area contributed by atoms with Gasteiger partial charge in [-0.2, -0.15) is 0 Å². The number of esters is 1. The van der Waals surface area contributed by atoms with Crippen molar-refractivity contribution < 1.29 is 14.3 Å². The van der Waals surface area contributed by atoms with Gasteiger partial charge in [-0.3, -0.25) is 10.1 Å². The summed E-state index contributed by atoms with van der Waals surface area (Å²) in [5.74, 6) is -0.220. The number of carbonyl (C=O) groups is 2. The molecule has 0 bridgehead atoms. The molecule has 7 heteroatoms. The number of nitrogens with zero attached hydrogens (tertiary/aromatic N) is 2. The number of hydrogen-bond donors (Lipinski definition) is 1. The first-order valence-electron chi connectivity index (χ1n) is 8.00. The molecule has 6 nitrogen and oxygen atoms in total. The fourth-order valence-electron chi connectivity index (χ4n) is 2.84. The van der Waals surface area contributed by atoms with E-state index in [0.717, 1.165) is 17.8 Å². The van der Waals surface area contributed by atoms with E-state index >= 15 is 0 Å². The Hall–Kier alpha value is -2.28. The van der Waals surface area contributed by atoms with Gasteiger partial charge in [-0.25, -0.2) is 4.79 Å². The predicted octanol–water partition coefficient (Wildman–Crippen LogP) is 3.62. The van der Waals surface area contributed by atoms with Crippen molar-refractivity contribution in [2.24, 2.45) is 0 Å². The van der Waals surface area contributed by atoms with Crippen LogP contribution in [0.15, 0.2) is 24.3 Å². The first kappa shape index (κ1) is 16.6. The van der Waals surface area contributed by atoms with Crippen LogP contribution in [0.3, 0.4) is 0 Å². The van der Waals surface area contributed by atoms with Crippen molar-refractivity contribution in [1.29, 1.82) is 0 Å². The minimum absolute atomic E-state index is 0.266. The van der Waals surface area contributed by atoms with Crippen molar-refractivity contribution >= 4 is 28.3 Å². The number of amides is 1.